The molecule has 0 aliphatic rings. The fourth-order valence-corrected chi connectivity index (χ4v) is 2.62. The molecule has 0 radical (unpaired) electrons. The molecule has 0 bridgehead atoms. The molecule has 1 atom stereocenters. The van der Waals surface area contributed by atoms with E-state index in [-0.39, 0.29) is 6.04 Å². The van der Waals surface area contributed by atoms with Crippen LogP contribution in [0.5, 0.6) is 5.75 Å². The molecule has 20 heavy (non-hydrogen) atoms. The molecule has 0 heterocycles. The van der Waals surface area contributed by atoms with Crippen LogP contribution >= 0.6 is 27.5 Å². The zero-order valence-electron chi connectivity index (χ0n) is 11.5. The first-order chi connectivity index (χ1) is 9.65. The van der Waals surface area contributed by atoms with Gasteiger partial charge in [0.1, 0.15) is 5.75 Å². The van der Waals surface area contributed by atoms with Crippen molar-refractivity contribution in [1.82, 2.24) is 5.32 Å². The van der Waals surface area contributed by atoms with Gasteiger partial charge >= 0.3 is 0 Å². The number of rotatable bonds is 5. The number of benzene rings is 2. The Hall–Kier alpha value is -1.03. The van der Waals surface area contributed by atoms with Crippen molar-refractivity contribution >= 4 is 27.5 Å². The van der Waals surface area contributed by atoms with Gasteiger partial charge in [-0.05, 0) is 36.4 Å². The van der Waals surface area contributed by atoms with Crippen LogP contribution < -0.4 is 10.1 Å². The van der Waals surface area contributed by atoms with Gasteiger partial charge in [0.05, 0.1) is 13.2 Å². The highest BCUT2D eigenvalue weighted by Gasteiger charge is 2.17. The Balaban J connectivity index is 2.45. The molecule has 0 saturated carbocycles. The molecular weight excluding hydrogens is 338 g/mol. The van der Waals surface area contributed by atoms with Crippen molar-refractivity contribution in [2.75, 3.05) is 13.7 Å². The van der Waals surface area contributed by atoms with Crippen LogP contribution in [0.15, 0.2) is 46.9 Å². The lowest BCUT2D eigenvalue weighted by Gasteiger charge is -2.21. The van der Waals surface area contributed by atoms with E-state index in [1.165, 1.54) is 5.56 Å². The van der Waals surface area contributed by atoms with Crippen LogP contribution in [0, 0.1) is 0 Å². The third-order valence-electron chi connectivity index (χ3n) is 3.12. The summed E-state index contributed by atoms with van der Waals surface area (Å²) in [5, 5.41) is 4.17. The van der Waals surface area contributed by atoms with Gasteiger partial charge < -0.3 is 10.1 Å². The van der Waals surface area contributed by atoms with Gasteiger partial charge in [-0.15, -0.1) is 0 Å². The minimum atomic E-state index is 0.0836. The summed E-state index contributed by atoms with van der Waals surface area (Å²) in [5.74, 6) is 0.798. The minimum Gasteiger partial charge on any atom is -0.496 e. The molecule has 106 valence electrons. The van der Waals surface area contributed by atoms with E-state index in [2.05, 4.69) is 40.3 Å². The standard InChI is InChI=1S/C16H17BrClNO/c1-3-19-16(11-4-6-12(17)7-5-11)14-9-8-13(18)10-15(14)20-2/h4-10,16,19H,3H2,1-2H3. The second-order valence-corrected chi connectivity index (χ2v) is 5.78. The SMILES string of the molecule is CCNC(c1ccc(Br)cc1)c1ccc(Cl)cc1OC. The van der Waals surface area contributed by atoms with Crippen molar-refractivity contribution in [2.45, 2.75) is 13.0 Å². The van der Waals surface area contributed by atoms with Gasteiger partial charge in [0, 0.05) is 15.1 Å². The molecule has 2 rings (SSSR count). The fraction of sp³-hybridized carbons (Fsp3) is 0.250. The van der Waals surface area contributed by atoms with Gasteiger partial charge in [0.15, 0.2) is 0 Å². The quantitative estimate of drug-likeness (QED) is 0.832. The number of hydrogen-bond donors (Lipinski definition) is 1. The van der Waals surface area contributed by atoms with Gasteiger partial charge in [-0.3, -0.25) is 0 Å². The number of halogens is 2. The predicted octanol–water partition coefficient (Wildman–Crippen LogP) is 4.81. The Morgan fingerprint density at radius 2 is 1.90 bits per heavy atom. The first-order valence-electron chi connectivity index (χ1n) is 6.48. The Morgan fingerprint density at radius 3 is 2.50 bits per heavy atom. The summed E-state index contributed by atoms with van der Waals surface area (Å²) < 4.78 is 6.53. The number of nitrogens with one attached hydrogen (secondary N) is 1. The Morgan fingerprint density at radius 1 is 1.20 bits per heavy atom. The van der Waals surface area contributed by atoms with Crippen LogP contribution in [-0.4, -0.2) is 13.7 Å². The highest BCUT2D eigenvalue weighted by molar-refractivity contribution is 9.10. The monoisotopic (exact) mass is 353 g/mol. The average molecular weight is 355 g/mol. The number of methoxy groups -OCH3 is 1. The molecule has 0 aromatic heterocycles. The number of ether oxygens (including phenoxy) is 1. The second-order valence-electron chi connectivity index (χ2n) is 4.43. The van der Waals surface area contributed by atoms with Crippen LogP contribution in [0.2, 0.25) is 5.02 Å². The van der Waals surface area contributed by atoms with Crippen LogP contribution in [0.1, 0.15) is 24.1 Å². The molecular formula is C16H17BrClNO. The van der Waals surface area contributed by atoms with Crippen molar-refractivity contribution in [3.05, 3.63) is 63.1 Å². The maximum atomic E-state index is 6.04. The maximum Gasteiger partial charge on any atom is 0.125 e. The van der Waals surface area contributed by atoms with E-state index in [1.54, 1.807) is 7.11 Å². The van der Waals surface area contributed by atoms with Crippen molar-refractivity contribution in [3.63, 3.8) is 0 Å². The molecule has 1 N–H and O–H groups in total. The zero-order chi connectivity index (χ0) is 14.5. The molecule has 0 aliphatic carbocycles. The Kier molecular flexibility index (Phi) is 5.46. The van der Waals surface area contributed by atoms with E-state index in [0.717, 1.165) is 22.3 Å². The summed E-state index contributed by atoms with van der Waals surface area (Å²) in [6.45, 7) is 2.96. The Bertz CT molecular complexity index is 571. The molecule has 2 aromatic rings. The van der Waals surface area contributed by atoms with E-state index in [0.29, 0.717) is 5.02 Å². The topological polar surface area (TPSA) is 21.3 Å². The normalized spacial score (nSPS) is 12.2. The molecule has 2 aromatic carbocycles. The van der Waals surface area contributed by atoms with Crippen molar-refractivity contribution in [3.8, 4) is 5.75 Å². The molecule has 0 amide bonds. The lowest BCUT2D eigenvalue weighted by molar-refractivity contribution is 0.404. The summed E-state index contributed by atoms with van der Waals surface area (Å²) in [5.41, 5.74) is 2.27. The Labute approximate surface area is 133 Å². The molecule has 0 saturated heterocycles. The van der Waals surface area contributed by atoms with Crippen LogP contribution in [0.25, 0.3) is 0 Å². The van der Waals surface area contributed by atoms with Crippen LogP contribution in [0.3, 0.4) is 0 Å². The third-order valence-corrected chi connectivity index (χ3v) is 3.88. The molecule has 2 nitrogen and oxygen atoms in total. The van der Waals surface area contributed by atoms with E-state index < -0.39 is 0 Å². The van der Waals surface area contributed by atoms with Crippen molar-refractivity contribution in [1.29, 1.82) is 0 Å². The lowest BCUT2D eigenvalue weighted by atomic mass is 9.98. The zero-order valence-corrected chi connectivity index (χ0v) is 13.8. The fourth-order valence-electron chi connectivity index (χ4n) is 2.19. The third kappa shape index (κ3) is 3.54. The highest BCUT2D eigenvalue weighted by Crippen LogP contribution is 2.32. The van der Waals surface area contributed by atoms with Crippen molar-refractivity contribution < 1.29 is 4.74 Å². The molecule has 0 spiro atoms. The second kappa shape index (κ2) is 7.11. The van der Waals surface area contributed by atoms with Gasteiger partial charge in [0.25, 0.3) is 0 Å². The van der Waals surface area contributed by atoms with Crippen LogP contribution in [0.4, 0.5) is 0 Å². The summed E-state index contributed by atoms with van der Waals surface area (Å²) in [4.78, 5) is 0. The lowest BCUT2D eigenvalue weighted by Crippen LogP contribution is -2.22. The molecule has 1 unspecified atom stereocenters. The molecule has 0 fully saturated rings. The van der Waals surface area contributed by atoms with E-state index in [9.17, 15) is 0 Å². The summed E-state index contributed by atoms with van der Waals surface area (Å²) in [6, 6.07) is 14.1. The van der Waals surface area contributed by atoms with E-state index in [4.69, 9.17) is 16.3 Å². The summed E-state index contributed by atoms with van der Waals surface area (Å²) >= 11 is 9.50. The maximum absolute atomic E-state index is 6.04. The molecule has 4 heteroatoms. The van der Waals surface area contributed by atoms with E-state index in [1.807, 2.05) is 30.3 Å². The smallest absolute Gasteiger partial charge is 0.125 e. The first kappa shape index (κ1) is 15.4. The average Bonchev–Trinajstić information content (AvgIpc) is 2.46. The van der Waals surface area contributed by atoms with Crippen LogP contribution in [-0.2, 0) is 0 Å². The largest absolute Gasteiger partial charge is 0.496 e. The molecule has 0 aliphatic heterocycles. The van der Waals surface area contributed by atoms with Gasteiger partial charge in [0.2, 0.25) is 0 Å². The predicted molar refractivity (Wildman–Crippen MR) is 87.7 cm³/mol. The van der Waals surface area contributed by atoms with Gasteiger partial charge in [-0.2, -0.15) is 0 Å². The summed E-state index contributed by atoms with van der Waals surface area (Å²) in [6.07, 6.45) is 0. The van der Waals surface area contributed by atoms with E-state index >= 15 is 0 Å². The van der Waals surface area contributed by atoms with Crippen molar-refractivity contribution in [2.24, 2.45) is 0 Å². The first-order valence-corrected chi connectivity index (χ1v) is 7.65. The number of hydrogen-bond acceptors (Lipinski definition) is 2. The minimum absolute atomic E-state index is 0.0836. The van der Waals surface area contributed by atoms with Gasteiger partial charge in [-0.25, -0.2) is 0 Å². The van der Waals surface area contributed by atoms with Gasteiger partial charge in [-0.1, -0.05) is 52.7 Å². The highest BCUT2D eigenvalue weighted by atomic mass is 79.9. The summed E-state index contributed by atoms with van der Waals surface area (Å²) in [7, 11) is 1.67.